The molecule has 8 rings (SSSR count). The van der Waals surface area contributed by atoms with Gasteiger partial charge in [0.1, 0.15) is 24.0 Å². The van der Waals surface area contributed by atoms with E-state index >= 15 is 0 Å². The minimum atomic E-state index is -0.408. The molecule has 5 nitrogen and oxygen atoms in total. The van der Waals surface area contributed by atoms with Gasteiger partial charge in [0.25, 0.3) is 0 Å². The third kappa shape index (κ3) is 6.11. The molecular weight excluding hydrogens is 625 g/mol. The van der Waals surface area contributed by atoms with Gasteiger partial charge in [-0.05, 0) is 102 Å². The summed E-state index contributed by atoms with van der Waals surface area (Å²) in [5.74, 6) is 2.32. The molecule has 256 valence electrons. The second-order valence-electron chi connectivity index (χ2n) is 14.4. The molecule has 0 amide bonds. The Kier molecular flexibility index (Phi) is 7.09. The standard InChI is InChI=1S/C46H46N4O/c1-6-14-32-22-23-40-38(26-32)39-27-33(15-7-2)44(30-43(39)50(40)45-28-34(24-25-47-45)46(3,4)5)51-37-19-13-18-36(29-37)49-31-48(35-16-9-8-10-17-35)41-20-11-12-21-42(41)49/h8-13,16-30H,6-7,14-15,31H2,1-5H3/i8D,9D,10D,16D,17D. The average Bonchev–Trinajstić information content (AvgIpc) is 3.72. The molecule has 0 N–H and O–H groups in total. The minimum Gasteiger partial charge on any atom is -0.457 e. The van der Waals surface area contributed by atoms with Crippen LogP contribution in [0.5, 0.6) is 11.5 Å². The molecule has 51 heavy (non-hydrogen) atoms. The molecule has 1 aliphatic heterocycles. The highest BCUT2D eigenvalue weighted by atomic mass is 16.5. The van der Waals surface area contributed by atoms with Crippen LogP contribution >= 0.6 is 0 Å². The van der Waals surface area contributed by atoms with Crippen LogP contribution in [0, 0.1) is 0 Å². The zero-order valence-electron chi connectivity index (χ0n) is 35.0. The van der Waals surface area contributed by atoms with E-state index in [9.17, 15) is 0 Å². The quantitative estimate of drug-likeness (QED) is 0.152. The first-order valence-electron chi connectivity index (χ1n) is 20.4. The van der Waals surface area contributed by atoms with Crippen molar-refractivity contribution in [2.45, 2.75) is 65.7 Å². The summed E-state index contributed by atoms with van der Waals surface area (Å²) in [6, 6.07) is 29.7. The van der Waals surface area contributed by atoms with Crippen molar-refractivity contribution in [3.63, 3.8) is 0 Å². The summed E-state index contributed by atoms with van der Waals surface area (Å²) < 4.78 is 51.3. The number of rotatable bonds is 9. The van der Waals surface area contributed by atoms with Gasteiger partial charge in [0.05, 0.1) is 29.3 Å². The normalized spacial score (nSPS) is 14.3. The van der Waals surface area contributed by atoms with E-state index in [4.69, 9.17) is 16.6 Å². The molecule has 0 fully saturated rings. The van der Waals surface area contributed by atoms with Crippen LogP contribution in [0.4, 0.5) is 22.7 Å². The highest BCUT2D eigenvalue weighted by Gasteiger charge is 2.28. The topological polar surface area (TPSA) is 33.5 Å². The van der Waals surface area contributed by atoms with E-state index in [0.29, 0.717) is 5.75 Å². The molecule has 5 aromatic carbocycles. The molecule has 7 aromatic rings. The molecule has 1 aliphatic rings. The van der Waals surface area contributed by atoms with Gasteiger partial charge >= 0.3 is 0 Å². The highest BCUT2D eigenvalue weighted by molar-refractivity contribution is 6.10. The minimum absolute atomic E-state index is 0.0418. The van der Waals surface area contributed by atoms with E-state index in [0.717, 1.165) is 70.9 Å². The smallest absolute Gasteiger partial charge is 0.137 e. The predicted molar refractivity (Wildman–Crippen MR) is 214 cm³/mol. The van der Waals surface area contributed by atoms with Gasteiger partial charge < -0.3 is 14.5 Å². The number of pyridine rings is 1. The van der Waals surface area contributed by atoms with Crippen LogP contribution in [0.25, 0.3) is 27.6 Å². The third-order valence-electron chi connectivity index (χ3n) is 9.77. The van der Waals surface area contributed by atoms with Gasteiger partial charge in [0, 0.05) is 40.5 Å². The average molecular weight is 676 g/mol. The van der Waals surface area contributed by atoms with Crippen molar-refractivity contribution in [3.05, 3.63) is 144 Å². The number of hydrogen-bond acceptors (Lipinski definition) is 4. The Bertz CT molecular complexity index is 2620. The first kappa shape index (κ1) is 27.2. The van der Waals surface area contributed by atoms with Crippen LogP contribution in [-0.4, -0.2) is 16.2 Å². The van der Waals surface area contributed by atoms with E-state index in [1.54, 1.807) is 4.90 Å². The number of hydrogen-bond donors (Lipinski definition) is 0. The van der Waals surface area contributed by atoms with Crippen LogP contribution < -0.4 is 14.5 Å². The van der Waals surface area contributed by atoms with E-state index < -0.39 is 6.04 Å². The summed E-state index contributed by atoms with van der Waals surface area (Å²) in [6.45, 7) is 11.3. The van der Waals surface area contributed by atoms with Crippen LogP contribution in [0.15, 0.2) is 127 Å². The van der Waals surface area contributed by atoms with Crippen molar-refractivity contribution >= 4 is 44.6 Å². The largest absolute Gasteiger partial charge is 0.457 e. The maximum atomic E-state index is 8.70. The van der Waals surface area contributed by atoms with E-state index in [1.807, 2.05) is 54.7 Å². The maximum Gasteiger partial charge on any atom is 0.137 e. The van der Waals surface area contributed by atoms with Gasteiger partial charge in [-0.2, -0.15) is 0 Å². The lowest BCUT2D eigenvalue weighted by Gasteiger charge is -2.22. The zero-order chi connectivity index (χ0) is 39.5. The molecule has 0 saturated carbocycles. The Labute approximate surface area is 308 Å². The Hall–Kier alpha value is -5.55. The van der Waals surface area contributed by atoms with Crippen LogP contribution in [0.2, 0.25) is 0 Å². The van der Waals surface area contributed by atoms with Gasteiger partial charge in [-0.25, -0.2) is 4.98 Å². The Morgan fingerprint density at radius 3 is 2.22 bits per heavy atom. The number of anilines is 4. The zero-order valence-corrected chi connectivity index (χ0v) is 30.0. The fourth-order valence-electron chi connectivity index (χ4n) is 7.24. The molecular formula is C46H46N4O. The summed E-state index contributed by atoms with van der Waals surface area (Å²) in [4.78, 5) is 8.79. The first-order chi connectivity index (χ1) is 26.9. The molecule has 0 spiro atoms. The molecule has 3 heterocycles. The number of para-hydroxylation sites is 3. The molecule has 5 heteroatoms. The molecule has 0 unspecified atom stereocenters. The fraction of sp³-hybridized carbons (Fsp3) is 0.239. The molecule has 0 atom stereocenters. The van der Waals surface area contributed by atoms with Gasteiger partial charge in [0.15, 0.2) is 0 Å². The van der Waals surface area contributed by atoms with Crippen molar-refractivity contribution in [1.29, 1.82) is 0 Å². The number of aryl methyl sites for hydroxylation is 2. The van der Waals surface area contributed by atoms with Crippen LogP contribution in [-0.2, 0) is 18.3 Å². The summed E-state index contributed by atoms with van der Waals surface area (Å²) >= 11 is 0. The van der Waals surface area contributed by atoms with E-state index in [2.05, 4.69) is 86.6 Å². The summed E-state index contributed by atoms with van der Waals surface area (Å²) in [7, 11) is 0. The van der Waals surface area contributed by atoms with Gasteiger partial charge in [-0.3, -0.25) is 4.57 Å². The molecule has 0 radical (unpaired) electrons. The summed E-state index contributed by atoms with van der Waals surface area (Å²) in [5.41, 5.74) is 8.37. The molecule has 0 saturated heterocycles. The Morgan fingerprint density at radius 1 is 0.725 bits per heavy atom. The number of ether oxygens (including phenoxy) is 1. The molecule has 0 bridgehead atoms. The second kappa shape index (κ2) is 13.3. The van der Waals surface area contributed by atoms with E-state index in [-0.39, 0.29) is 41.9 Å². The monoisotopic (exact) mass is 675 g/mol. The third-order valence-corrected chi connectivity index (χ3v) is 9.77. The fourth-order valence-corrected chi connectivity index (χ4v) is 7.24. The predicted octanol–water partition coefficient (Wildman–Crippen LogP) is 12.4. The summed E-state index contributed by atoms with van der Waals surface area (Å²) in [5, 5.41) is 2.38. The number of benzene rings is 5. The van der Waals surface area contributed by atoms with Crippen molar-refractivity contribution in [2.24, 2.45) is 0 Å². The lowest BCUT2D eigenvalue weighted by molar-refractivity contribution is 0.476. The van der Waals surface area contributed by atoms with Gasteiger partial charge in [-0.15, -0.1) is 0 Å². The van der Waals surface area contributed by atoms with Crippen molar-refractivity contribution < 1.29 is 11.6 Å². The maximum absolute atomic E-state index is 8.70. The molecule has 2 aromatic heterocycles. The second-order valence-corrected chi connectivity index (χ2v) is 14.4. The Morgan fingerprint density at radius 2 is 1.47 bits per heavy atom. The lowest BCUT2D eigenvalue weighted by atomic mass is 9.88. The van der Waals surface area contributed by atoms with Crippen LogP contribution in [0.1, 0.15) is 71.0 Å². The lowest BCUT2D eigenvalue weighted by Crippen LogP contribution is -2.23. The summed E-state index contributed by atoms with van der Waals surface area (Å²) in [6.07, 6.45) is 5.79. The SMILES string of the molecule is [2H]c1c([2H])c([2H])c(N2CN(c3cccc(Oc4cc5c(cc4CCC)c4cc(CCC)ccc4n5-c4cc(C(C)(C)C)ccn4)c3)c3ccccc32)c([2H])c1[2H]. The van der Waals surface area contributed by atoms with Gasteiger partial charge in [-0.1, -0.05) is 89.9 Å². The van der Waals surface area contributed by atoms with Crippen molar-refractivity contribution in [2.75, 3.05) is 16.5 Å². The molecule has 0 aliphatic carbocycles. The number of aromatic nitrogens is 2. The highest BCUT2D eigenvalue weighted by Crippen LogP contribution is 2.45. The van der Waals surface area contributed by atoms with E-state index in [1.165, 1.54) is 21.9 Å². The van der Waals surface area contributed by atoms with Gasteiger partial charge in [0.2, 0.25) is 0 Å². The van der Waals surface area contributed by atoms with Crippen LogP contribution in [0.3, 0.4) is 0 Å². The number of nitrogens with zero attached hydrogens (tertiary/aromatic N) is 4. The Balaban J connectivity index is 1.23. The van der Waals surface area contributed by atoms with Crippen molar-refractivity contribution in [1.82, 2.24) is 9.55 Å². The first-order valence-corrected chi connectivity index (χ1v) is 17.9. The number of fused-ring (bicyclic) bond motifs is 4. The van der Waals surface area contributed by atoms with Crippen molar-refractivity contribution in [3.8, 4) is 17.3 Å².